The summed E-state index contributed by atoms with van der Waals surface area (Å²) in [6.07, 6.45) is 6.33. The fraction of sp³-hybridized carbons (Fsp3) is 0.533. The Morgan fingerprint density at radius 2 is 2.35 bits per heavy atom. The SMILES string of the molecule is C=C(C)[C@@H]1CC[C@]2(CO)C=CC(=O)C(=C)[C@H]2C1. The molecule has 0 aromatic rings. The molecule has 2 nitrogen and oxygen atoms in total. The molecule has 1 saturated carbocycles. The van der Waals surface area contributed by atoms with Gasteiger partial charge in [0.25, 0.3) is 0 Å². The second-order valence-corrected chi connectivity index (χ2v) is 5.48. The molecule has 2 heteroatoms. The van der Waals surface area contributed by atoms with Crippen molar-refractivity contribution >= 4 is 5.78 Å². The summed E-state index contributed by atoms with van der Waals surface area (Å²) in [5, 5.41) is 9.68. The molecular formula is C15H20O2. The Hall–Kier alpha value is -1.15. The Bertz CT molecular complexity index is 405. The van der Waals surface area contributed by atoms with E-state index in [9.17, 15) is 9.90 Å². The lowest BCUT2D eigenvalue weighted by molar-refractivity contribution is -0.113. The molecule has 0 saturated heterocycles. The smallest absolute Gasteiger partial charge is 0.181 e. The molecule has 0 spiro atoms. The Morgan fingerprint density at radius 3 is 2.94 bits per heavy atom. The fourth-order valence-electron chi connectivity index (χ4n) is 3.15. The third-order valence-corrected chi connectivity index (χ3v) is 4.47. The van der Waals surface area contributed by atoms with Crippen molar-refractivity contribution in [2.45, 2.75) is 26.2 Å². The van der Waals surface area contributed by atoms with Gasteiger partial charge in [-0.3, -0.25) is 4.79 Å². The minimum atomic E-state index is -0.253. The number of aliphatic hydroxyl groups is 1. The molecular weight excluding hydrogens is 212 g/mol. The molecule has 2 aliphatic rings. The monoisotopic (exact) mass is 232 g/mol. The third kappa shape index (κ3) is 1.91. The van der Waals surface area contributed by atoms with Crippen LogP contribution in [0.15, 0.2) is 36.5 Å². The van der Waals surface area contributed by atoms with Crippen LogP contribution in [-0.4, -0.2) is 17.5 Å². The first-order valence-electron chi connectivity index (χ1n) is 6.19. The summed E-state index contributed by atoms with van der Waals surface area (Å²) in [6, 6.07) is 0. The molecule has 0 aromatic carbocycles. The van der Waals surface area contributed by atoms with E-state index in [1.54, 1.807) is 6.08 Å². The Balaban J connectivity index is 2.33. The molecule has 92 valence electrons. The van der Waals surface area contributed by atoms with Gasteiger partial charge in [0.2, 0.25) is 0 Å². The molecule has 0 bridgehead atoms. The largest absolute Gasteiger partial charge is 0.395 e. The fourth-order valence-corrected chi connectivity index (χ4v) is 3.15. The lowest BCUT2D eigenvalue weighted by atomic mass is 9.58. The number of allylic oxidation sites excluding steroid dienone is 3. The number of aliphatic hydroxyl groups excluding tert-OH is 1. The van der Waals surface area contributed by atoms with Crippen LogP contribution in [0.5, 0.6) is 0 Å². The number of rotatable bonds is 2. The molecule has 1 N–H and O–H groups in total. The van der Waals surface area contributed by atoms with E-state index < -0.39 is 0 Å². The van der Waals surface area contributed by atoms with Crippen LogP contribution in [0.1, 0.15) is 26.2 Å². The Kier molecular flexibility index (Phi) is 3.09. The van der Waals surface area contributed by atoms with Crippen molar-refractivity contribution in [3.8, 4) is 0 Å². The van der Waals surface area contributed by atoms with E-state index in [-0.39, 0.29) is 23.7 Å². The maximum Gasteiger partial charge on any atom is 0.181 e. The first-order valence-corrected chi connectivity index (χ1v) is 6.19. The minimum absolute atomic E-state index is 0.0152. The molecule has 0 aromatic heterocycles. The summed E-state index contributed by atoms with van der Waals surface area (Å²) in [6.45, 7) is 10.1. The van der Waals surface area contributed by atoms with Crippen LogP contribution in [0, 0.1) is 17.3 Å². The van der Waals surface area contributed by atoms with Gasteiger partial charge in [-0.2, -0.15) is 0 Å². The zero-order valence-electron chi connectivity index (χ0n) is 10.4. The van der Waals surface area contributed by atoms with Crippen molar-refractivity contribution in [3.63, 3.8) is 0 Å². The van der Waals surface area contributed by atoms with Crippen molar-refractivity contribution in [2.75, 3.05) is 6.61 Å². The highest BCUT2D eigenvalue weighted by molar-refractivity contribution is 6.05. The van der Waals surface area contributed by atoms with Gasteiger partial charge in [0, 0.05) is 5.41 Å². The zero-order chi connectivity index (χ0) is 12.6. The zero-order valence-corrected chi connectivity index (χ0v) is 10.4. The van der Waals surface area contributed by atoms with E-state index in [2.05, 4.69) is 13.2 Å². The van der Waals surface area contributed by atoms with E-state index in [0.29, 0.717) is 11.5 Å². The van der Waals surface area contributed by atoms with Crippen molar-refractivity contribution in [3.05, 3.63) is 36.5 Å². The Morgan fingerprint density at radius 1 is 1.65 bits per heavy atom. The molecule has 3 atom stereocenters. The highest BCUT2D eigenvalue weighted by Crippen LogP contribution is 2.50. The first-order chi connectivity index (χ1) is 8.00. The van der Waals surface area contributed by atoms with E-state index >= 15 is 0 Å². The quantitative estimate of drug-likeness (QED) is 0.587. The van der Waals surface area contributed by atoms with Gasteiger partial charge >= 0.3 is 0 Å². The van der Waals surface area contributed by atoms with Crippen LogP contribution in [0.25, 0.3) is 0 Å². The number of carbonyl (C=O) groups is 1. The molecule has 0 radical (unpaired) electrons. The predicted octanol–water partition coefficient (Wildman–Crippen LogP) is 2.65. The molecule has 1 fully saturated rings. The molecule has 2 aliphatic carbocycles. The van der Waals surface area contributed by atoms with Crippen molar-refractivity contribution in [1.82, 2.24) is 0 Å². The van der Waals surface area contributed by atoms with E-state index in [1.807, 2.05) is 13.0 Å². The highest BCUT2D eigenvalue weighted by Gasteiger charge is 2.45. The van der Waals surface area contributed by atoms with Gasteiger partial charge in [-0.1, -0.05) is 24.8 Å². The number of hydrogen-bond acceptors (Lipinski definition) is 2. The summed E-state index contributed by atoms with van der Waals surface area (Å²) in [5.74, 6) is 0.553. The normalized spacial score (nSPS) is 36.8. The van der Waals surface area contributed by atoms with Gasteiger partial charge in [0.1, 0.15) is 0 Å². The Labute approximate surface area is 103 Å². The summed E-state index contributed by atoms with van der Waals surface area (Å²) in [5.41, 5.74) is 1.58. The van der Waals surface area contributed by atoms with E-state index in [4.69, 9.17) is 0 Å². The van der Waals surface area contributed by atoms with Crippen LogP contribution in [0.2, 0.25) is 0 Å². The first kappa shape index (κ1) is 12.3. The van der Waals surface area contributed by atoms with Gasteiger partial charge in [-0.25, -0.2) is 0 Å². The summed E-state index contributed by atoms with van der Waals surface area (Å²) >= 11 is 0. The lowest BCUT2D eigenvalue weighted by Gasteiger charge is -2.46. The molecule has 0 heterocycles. The standard InChI is InChI=1S/C15H20O2/c1-10(2)12-4-6-15(9-16)7-5-14(17)11(3)13(15)8-12/h5,7,12-13,16H,1,3-4,6,8-9H2,2H3/t12-,13-,15-/m1/s1. The number of carbonyl (C=O) groups excluding carboxylic acids is 1. The maximum absolute atomic E-state index is 11.7. The molecule has 0 aliphatic heterocycles. The summed E-state index contributed by atoms with van der Waals surface area (Å²) in [7, 11) is 0. The van der Waals surface area contributed by atoms with Gasteiger partial charge in [0.05, 0.1) is 6.61 Å². The van der Waals surface area contributed by atoms with Crippen LogP contribution < -0.4 is 0 Å². The van der Waals surface area contributed by atoms with Gasteiger partial charge in [-0.05, 0) is 49.7 Å². The van der Waals surface area contributed by atoms with Crippen molar-refractivity contribution in [1.29, 1.82) is 0 Å². The van der Waals surface area contributed by atoms with Gasteiger partial charge in [-0.15, -0.1) is 0 Å². The topological polar surface area (TPSA) is 37.3 Å². The number of hydrogen-bond donors (Lipinski definition) is 1. The average Bonchev–Trinajstić information content (AvgIpc) is 2.33. The minimum Gasteiger partial charge on any atom is -0.395 e. The third-order valence-electron chi connectivity index (χ3n) is 4.47. The van der Waals surface area contributed by atoms with Crippen molar-refractivity contribution < 1.29 is 9.90 Å². The van der Waals surface area contributed by atoms with Crippen molar-refractivity contribution in [2.24, 2.45) is 17.3 Å². The molecule has 2 rings (SSSR count). The van der Waals surface area contributed by atoms with Crippen LogP contribution in [0.3, 0.4) is 0 Å². The molecule has 0 unspecified atom stereocenters. The second kappa shape index (κ2) is 4.26. The van der Waals surface area contributed by atoms with Crippen LogP contribution >= 0.6 is 0 Å². The van der Waals surface area contributed by atoms with Gasteiger partial charge < -0.3 is 5.11 Å². The predicted molar refractivity (Wildman–Crippen MR) is 68.5 cm³/mol. The summed E-state index contributed by atoms with van der Waals surface area (Å²) < 4.78 is 0. The highest BCUT2D eigenvalue weighted by atomic mass is 16.3. The number of ketones is 1. The van der Waals surface area contributed by atoms with Crippen LogP contribution in [0.4, 0.5) is 0 Å². The van der Waals surface area contributed by atoms with Gasteiger partial charge in [0.15, 0.2) is 5.78 Å². The number of fused-ring (bicyclic) bond motifs is 1. The van der Waals surface area contributed by atoms with E-state index in [1.165, 1.54) is 5.57 Å². The van der Waals surface area contributed by atoms with E-state index in [0.717, 1.165) is 19.3 Å². The maximum atomic E-state index is 11.7. The van der Waals surface area contributed by atoms with Crippen LogP contribution in [-0.2, 0) is 4.79 Å². The molecule has 17 heavy (non-hydrogen) atoms. The average molecular weight is 232 g/mol. The molecule has 0 amide bonds. The lowest BCUT2D eigenvalue weighted by Crippen LogP contribution is -2.42. The second-order valence-electron chi connectivity index (χ2n) is 5.48. The summed E-state index contributed by atoms with van der Waals surface area (Å²) in [4.78, 5) is 11.7.